The predicted molar refractivity (Wildman–Crippen MR) is 61.9 cm³/mol. The van der Waals surface area contributed by atoms with Crippen LogP contribution in [0.3, 0.4) is 0 Å². The van der Waals surface area contributed by atoms with E-state index in [1.807, 2.05) is 6.07 Å². The summed E-state index contributed by atoms with van der Waals surface area (Å²) in [7, 11) is 0. The van der Waals surface area contributed by atoms with Gasteiger partial charge < -0.3 is 4.74 Å². The van der Waals surface area contributed by atoms with Gasteiger partial charge >= 0.3 is 5.97 Å². The number of ether oxygens (including phenoxy) is 1. The van der Waals surface area contributed by atoms with Gasteiger partial charge in [-0.05, 0) is 17.7 Å². The Morgan fingerprint density at radius 3 is 2.17 bits per heavy atom. The number of esters is 1. The van der Waals surface area contributed by atoms with Gasteiger partial charge in [-0.1, -0.05) is 36.4 Å². The Bertz CT molecular complexity index is 533. The number of hydrogen-bond donors (Lipinski definition) is 0. The molecule has 18 heavy (non-hydrogen) atoms. The van der Waals surface area contributed by atoms with E-state index in [4.69, 9.17) is 4.74 Å². The zero-order valence-electron chi connectivity index (χ0n) is 9.40. The molecule has 0 heterocycles. The van der Waals surface area contributed by atoms with Crippen molar-refractivity contribution in [3.8, 4) is 0 Å². The summed E-state index contributed by atoms with van der Waals surface area (Å²) in [6.45, 7) is -0.0204. The van der Waals surface area contributed by atoms with Crippen LogP contribution in [0.15, 0.2) is 48.5 Å². The number of benzene rings is 2. The fourth-order valence-electron chi connectivity index (χ4n) is 1.49. The highest BCUT2D eigenvalue weighted by atomic mass is 19.1. The molecule has 0 saturated carbocycles. The molecule has 0 atom stereocenters. The number of carbonyl (C=O) groups excluding carboxylic acids is 1. The minimum Gasteiger partial charge on any atom is -0.457 e. The van der Waals surface area contributed by atoms with Gasteiger partial charge in [0.15, 0.2) is 0 Å². The molecular weight excluding hydrogens is 238 g/mol. The molecule has 4 heteroatoms. The van der Waals surface area contributed by atoms with Gasteiger partial charge in [0.1, 0.15) is 23.8 Å². The van der Waals surface area contributed by atoms with E-state index in [2.05, 4.69) is 0 Å². The van der Waals surface area contributed by atoms with Crippen LogP contribution in [0.1, 0.15) is 15.9 Å². The van der Waals surface area contributed by atoms with Crippen LogP contribution < -0.4 is 0 Å². The molecule has 0 aliphatic carbocycles. The van der Waals surface area contributed by atoms with Crippen LogP contribution in [0, 0.1) is 11.6 Å². The zero-order valence-corrected chi connectivity index (χ0v) is 9.40. The van der Waals surface area contributed by atoms with Gasteiger partial charge in [0.05, 0.1) is 0 Å². The molecule has 2 nitrogen and oxygen atoms in total. The van der Waals surface area contributed by atoms with Gasteiger partial charge in [-0.3, -0.25) is 0 Å². The first-order valence-corrected chi connectivity index (χ1v) is 5.33. The van der Waals surface area contributed by atoms with Gasteiger partial charge in [-0.2, -0.15) is 0 Å². The lowest BCUT2D eigenvalue weighted by Gasteiger charge is -2.06. The first kappa shape index (κ1) is 12.2. The third kappa shape index (κ3) is 2.71. The highest BCUT2D eigenvalue weighted by Crippen LogP contribution is 2.14. The minimum atomic E-state index is -1.01. The molecule has 0 radical (unpaired) electrons. The van der Waals surface area contributed by atoms with Crippen LogP contribution >= 0.6 is 0 Å². The van der Waals surface area contributed by atoms with E-state index >= 15 is 0 Å². The fraction of sp³-hybridized carbons (Fsp3) is 0.0714. The van der Waals surface area contributed by atoms with Crippen molar-refractivity contribution in [3.63, 3.8) is 0 Å². The van der Waals surface area contributed by atoms with E-state index in [1.165, 1.54) is 6.07 Å². The van der Waals surface area contributed by atoms with E-state index < -0.39 is 23.2 Å². The van der Waals surface area contributed by atoms with E-state index in [1.54, 1.807) is 24.3 Å². The smallest absolute Gasteiger partial charge is 0.344 e. The Morgan fingerprint density at radius 1 is 0.944 bits per heavy atom. The largest absolute Gasteiger partial charge is 0.457 e. The molecule has 0 saturated heterocycles. The van der Waals surface area contributed by atoms with Crippen molar-refractivity contribution in [1.29, 1.82) is 0 Å². The molecule has 0 spiro atoms. The Hall–Kier alpha value is -2.23. The molecule has 0 aromatic heterocycles. The first-order chi connectivity index (χ1) is 8.68. The molecule has 0 bridgehead atoms. The third-order valence-electron chi connectivity index (χ3n) is 2.38. The molecule has 0 unspecified atom stereocenters. The molecule has 92 valence electrons. The summed E-state index contributed by atoms with van der Waals surface area (Å²) in [4.78, 5) is 11.6. The van der Waals surface area contributed by atoms with E-state index in [-0.39, 0.29) is 6.61 Å². The highest BCUT2D eigenvalue weighted by molar-refractivity contribution is 5.89. The van der Waals surface area contributed by atoms with Crippen LogP contribution in [0.2, 0.25) is 0 Å². The van der Waals surface area contributed by atoms with Crippen LogP contribution in [0.4, 0.5) is 8.78 Å². The molecule has 2 aromatic carbocycles. The molecule has 2 aromatic rings. The Kier molecular flexibility index (Phi) is 3.67. The van der Waals surface area contributed by atoms with Crippen LogP contribution in [-0.4, -0.2) is 5.97 Å². The normalized spacial score (nSPS) is 10.1. The highest BCUT2D eigenvalue weighted by Gasteiger charge is 2.18. The number of halogens is 2. The third-order valence-corrected chi connectivity index (χ3v) is 2.38. The standard InChI is InChI=1S/C14H10F2O2/c15-11-7-4-8-12(16)13(11)14(17)18-9-10-5-2-1-3-6-10/h1-8H,9H2. The minimum absolute atomic E-state index is 0.0204. The van der Waals surface area contributed by atoms with Crippen molar-refractivity contribution in [3.05, 3.63) is 71.3 Å². The van der Waals surface area contributed by atoms with Crippen molar-refractivity contribution < 1.29 is 18.3 Å². The second kappa shape index (κ2) is 5.40. The number of rotatable bonds is 3. The van der Waals surface area contributed by atoms with Crippen LogP contribution in [-0.2, 0) is 11.3 Å². The Morgan fingerprint density at radius 2 is 1.56 bits per heavy atom. The maximum atomic E-state index is 13.3. The lowest BCUT2D eigenvalue weighted by Crippen LogP contribution is -2.10. The maximum absolute atomic E-state index is 13.3. The summed E-state index contributed by atoms with van der Waals surface area (Å²) in [5, 5.41) is 0. The lowest BCUT2D eigenvalue weighted by molar-refractivity contribution is 0.0461. The van der Waals surface area contributed by atoms with Crippen LogP contribution in [0.5, 0.6) is 0 Å². The SMILES string of the molecule is O=C(OCc1ccccc1)c1c(F)cccc1F. The topological polar surface area (TPSA) is 26.3 Å². The number of hydrogen-bond acceptors (Lipinski definition) is 2. The van der Waals surface area contributed by atoms with E-state index in [0.717, 1.165) is 17.7 Å². The van der Waals surface area contributed by atoms with Gasteiger partial charge in [0.25, 0.3) is 0 Å². The quantitative estimate of drug-likeness (QED) is 0.779. The van der Waals surface area contributed by atoms with Crippen molar-refractivity contribution in [2.45, 2.75) is 6.61 Å². The molecule has 2 rings (SSSR count). The zero-order chi connectivity index (χ0) is 13.0. The second-order valence-electron chi connectivity index (χ2n) is 3.66. The Balaban J connectivity index is 2.09. The average molecular weight is 248 g/mol. The number of carbonyl (C=O) groups is 1. The first-order valence-electron chi connectivity index (χ1n) is 5.33. The Labute approximate surface area is 103 Å². The lowest BCUT2D eigenvalue weighted by atomic mass is 10.2. The van der Waals surface area contributed by atoms with Crippen molar-refractivity contribution in [2.24, 2.45) is 0 Å². The monoisotopic (exact) mass is 248 g/mol. The van der Waals surface area contributed by atoms with Gasteiger partial charge in [0, 0.05) is 0 Å². The molecule has 0 N–H and O–H groups in total. The van der Waals surface area contributed by atoms with Gasteiger partial charge in [-0.25, -0.2) is 13.6 Å². The van der Waals surface area contributed by atoms with E-state index in [0.29, 0.717) is 0 Å². The average Bonchev–Trinajstić information content (AvgIpc) is 2.37. The second-order valence-corrected chi connectivity index (χ2v) is 3.66. The van der Waals surface area contributed by atoms with Gasteiger partial charge in [0.2, 0.25) is 0 Å². The van der Waals surface area contributed by atoms with Crippen molar-refractivity contribution >= 4 is 5.97 Å². The van der Waals surface area contributed by atoms with Crippen molar-refractivity contribution in [1.82, 2.24) is 0 Å². The predicted octanol–water partition coefficient (Wildman–Crippen LogP) is 3.32. The summed E-state index contributed by atoms with van der Waals surface area (Å²) in [6, 6.07) is 12.1. The molecule has 0 fully saturated rings. The molecule has 0 aliphatic rings. The fourth-order valence-corrected chi connectivity index (χ4v) is 1.49. The summed E-state index contributed by atoms with van der Waals surface area (Å²) in [6.07, 6.45) is 0. The van der Waals surface area contributed by atoms with Crippen molar-refractivity contribution in [2.75, 3.05) is 0 Å². The summed E-state index contributed by atoms with van der Waals surface area (Å²) < 4.78 is 31.4. The molecular formula is C14H10F2O2. The summed E-state index contributed by atoms with van der Waals surface area (Å²) in [5.74, 6) is -2.85. The molecule has 0 amide bonds. The summed E-state index contributed by atoms with van der Waals surface area (Å²) >= 11 is 0. The van der Waals surface area contributed by atoms with E-state index in [9.17, 15) is 13.6 Å². The van der Waals surface area contributed by atoms with Gasteiger partial charge in [-0.15, -0.1) is 0 Å². The van der Waals surface area contributed by atoms with Crippen LogP contribution in [0.25, 0.3) is 0 Å². The summed E-state index contributed by atoms with van der Waals surface area (Å²) in [5.41, 5.74) is 0.0935. The maximum Gasteiger partial charge on any atom is 0.344 e. The molecule has 0 aliphatic heterocycles.